The molecular weight excluding hydrogens is 422 g/mol. The molecule has 0 unspecified atom stereocenters. The van der Waals surface area contributed by atoms with Crippen molar-refractivity contribution in [3.63, 3.8) is 0 Å². The number of fused-ring (bicyclic) bond motifs is 1. The van der Waals surface area contributed by atoms with Gasteiger partial charge in [-0.1, -0.05) is 12.1 Å². The van der Waals surface area contributed by atoms with Crippen molar-refractivity contribution in [3.05, 3.63) is 64.1 Å². The minimum Gasteiger partial charge on any atom is -0.449 e. The number of piperazine rings is 1. The highest BCUT2D eigenvalue weighted by molar-refractivity contribution is 5.84. The zero-order valence-corrected chi connectivity index (χ0v) is 18.6. The Bertz CT molecular complexity index is 1220. The van der Waals surface area contributed by atoms with Crippen molar-refractivity contribution in [1.29, 1.82) is 5.26 Å². The fraction of sp³-hybridized carbons (Fsp3) is 0.375. The van der Waals surface area contributed by atoms with E-state index in [1.807, 2.05) is 6.07 Å². The maximum Gasteiger partial charge on any atom is 0.420 e. The van der Waals surface area contributed by atoms with Crippen LogP contribution in [0.3, 0.4) is 0 Å². The zero-order chi connectivity index (χ0) is 23.2. The molecule has 1 N–H and O–H groups in total. The molecule has 1 saturated heterocycles. The van der Waals surface area contributed by atoms with Crippen molar-refractivity contribution in [3.8, 4) is 6.07 Å². The van der Waals surface area contributed by atoms with Crippen molar-refractivity contribution >= 4 is 22.9 Å². The predicted molar refractivity (Wildman–Crippen MR) is 124 cm³/mol. The van der Waals surface area contributed by atoms with Crippen LogP contribution in [0.1, 0.15) is 17.5 Å². The Kier molecular flexibility index (Phi) is 7.07. The van der Waals surface area contributed by atoms with Crippen molar-refractivity contribution in [2.45, 2.75) is 13.0 Å². The lowest BCUT2D eigenvalue weighted by Crippen LogP contribution is -2.44. The summed E-state index contributed by atoms with van der Waals surface area (Å²) in [5.74, 6) is -0.502. The van der Waals surface area contributed by atoms with Gasteiger partial charge in [-0.15, -0.1) is 0 Å². The Balaban J connectivity index is 1.31. The number of carbonyl (C=O) groups is 1. The number of hydrogen-bond donors (Lipinski definition) is 1. The molecule has 1 aliphatic rings. The standard InChI is InChI=1S/C24H27N5O4/c1-27-9-11-28(12-10-27)8-3-13-32-23(30)26-20-5-2-4-19(14-20)17-29-21-15-18(16-25)6-7-22(21)33-24(29)31/h2,4-7,14-15H,3,8-13,17H2,1H3,(H,26,30). The number of oxazole rings is 1. The minimum absolute atomic E-state index is 0.246. The van der Waals surface area contributed by atoms with E-state index in [0.29, 0.717) is 29.0 Å². The van der Waals surface area contributed by atoms with Crippen LogP contribution in [0.15, 0.2) is 51.7 Å². The van der Waals surface area contributed by atoms with Gasteiger partial charge in [0.1, 0.15) is 0 Å². The summed E-state index contributed by atoms with van der Waals surface area (Å²) in [5.41, 5.74) is 2.80. The molecule has 1 aromatic heterocycles. The average Bonchev–Trinajstić information content (AvgIpc) is 3.12. The van der Waals surface area contributed by atoms with Crippen molar-refractivity contribution < 1.29 is 13.9 Å². The van der Waals surface area contributed by atoms with Crippen molar-refractivity contribution in [1.82, 2.24) is 14.4 Å². The van der Waals surface area contributed by atoms with Crippen molar-refractivity contribution in [2.75, 3.05) is 51.7 Å². The molecule has 2 heterocycles. The topological polar surface area (TPSA) is 104 Å². The van der Waals surface area contributed by atoms with Crippen LogP contribution in [0.25, 0.3) is 11.1 Å². The van der Waals surface area contributed by atoms with Gasteiger partial charge in [0.05, 0.1) is 30.3 Å². The van der Waals surface area contributed by atoms with Gasteiger partial charge in [0, 0.05) is 38.4 Å². The van der Waals surface area contributed by atoms with Gasteiger partial charge in [-0.2, -0.15) is 5.26 Å². The molecule has 3 aromatic rings. The van der Waals surface area contributed by atoms with Crippen LogP contribution in [0.5, 0.6) is 0 Å². The summed E-state index contributed by atoms with van der Waals surface area (Å²) in [6, 6.07) is 14.1. The molecule has 1 fully saturated rings. The number of carbonyl (C=O) groups excluding carboxylic acids is 1. The van der Waals surface area contributed by atoms with Crippen LogP contribution in [-0.4, -0.2) is 66.8 Å². The molecule has 4 rings (SSSR count). The number of aromatic nitrogens is 1. The first-order chi connectivity index (χ1) is 16.0. The monoisotopic (exact) mass is 449 g/mol. The smallest absolute Gasteiger partial charge is 0.420 e. The van der Waals surface area contributed by atoms with E-state index in [9.17, 15) is 9.59 Å². The van der Waals surface area contributed by atoms with E-state index in [1.165, 1.54) is 4.57 Å². The Labute approximate surface area is 191 Å². The maximum atomic E-state index is 12.3. The van der Waals surface area contributed by atoms with E-state index in [4.69, 9.17) is 14.4 Å². The molecule has 33 heavy (non-hydrogen) atoms. The predicted octanol–water partition coefficient (Wildman–Crippen LogP) is 2.70. The molecule has 0 radical (unpaired) electrons. The number of amides is 1. The largest absolute Gasteiger partial charge is 0.449 e. The number of ether oxygens (including phenoxy) is 1. The third-order valence-corrected chi connectivity index (χ3v) is 5.76. The number of benzene rings is 2. The van der Waals surface area contributed by atoms with Gasteiger partial charge in [0.2, 0.25) is 0 Å². The van der Waals surface area contributed by atoms with Gasteiger partial charge < -0.3 is 19.0 Å². The number of likely N-dealkylation sites (N-methyl/N-ethyl adjacent to an activating group) is 1. The normalized spacial score (nSPS) is 14.8. The molecule has 2 aromatic carbocycles. The number of nitrogens with zero attached hydrogens (tertiary/aromatic N) is 4. The Morgan fingerprint density at radius 1 is 1.18 bits per heavy atom. The van der Waals surface area contributed by atoms with Gasteiger partial charge in [-0.25, -0.2) is 9.59 Å². The Hall–Kier alpha value is -3.61. The van der Waals surface area contributed by atoms with Crippen LogP contribution in [-0.2, 0) is 11.3 Å². The summed E-state index contributed by atoms with van der Waals surface area (Å²) in [6.07, 6.45) is 0.285. The number of rotatable bonds is 7. The second-order valence-corrected chi connectivity index (χ2v) is 8.21. The van der Waals surface area contributed by atoms with Gasteiger partial charge in [-0.05, 0) is 49.4 Å². The lowest BCUT2D eigenvalue weighted by atomic mass is 10.2. The second-order valence-electron chi connectivity index (χ2n) is 8.21. The molecule has 172 valence electrons. The van der Waals surface area contributed by atoms with Crippen LogP contribution in [0, 0.1) is 11.3 Å². The Morgan fingerprint density at radius 3 is 2.79 bits per heavy atom. The van der Waals surface area contributed by atoms with E-state index in [0.717, 1.165) is 44.7 Å². The lowest BCUT2D eigenvalue weighted by Gasteiger charge is -2.32. The van der Waals surface area contributed by atoms with Crippen molar-refractivity contribution in [2.24, 2.45) is 0 Å². The summed E-state index contributed by atoms with van der Waals surface area (Å²) in [5, 5.41) is 11.9. The number of nitriles is 1. The molecule has 0 bridgehead atoms. The fourth-order valence-electron chi connectivity index (χ4n) is 3.89. The van der Waals surface area contributed by atoms with Gasteiger partial charge in [-0.3, -0.25) is 9.88 Å². The number of hydrogen-bond acceptors (Lipinski definition) is 7. The first-order valence-electron chi connectivity index (χ1n) is 11.0. The molecule has 1 amide bonds. The fourth-order valence-corrected chi connectivity index (χ4v) is 3.89. The van der Waals surface area contributed by atoms with E-state index >= 15 is 0 Å². The minimum atomic E-state index is -0.505. The van der Waals surface area contributed by atoms with Gasteiger partial charge in [0.15, 0.2) is 5.58 Å². The molecule has 1 aliphatic heterocycles. The molecule has 0 atom stereocenters. The summed E-state index contributed by atoms with van der Waals surface area (Å²) >= 11 is 0. The first-order valence-corrected chi connectivity index (χ1v) is 11.0. The van der Waals surface area contributed by atoms with Crippen LogP contribution >= 0.6 is 0 Å². The van der Waals surface area contributed by atoms with Crippen LogP contribution in [0.2, 0.25) is 0 Å². The van der Waals surface area contributed by atoms with Gasteiger partial charge >= 0.3 is 11.8 Å². The quantitative estimate of drug-likeness (QED) is 0.553. The molecule has 0 saturated carbocycles. The van der Waals surface area contributed by atoms with Gasteiger partial charge in [0.25, 0.3) is 0 Å². The molecular formula is C24H27N5O4. The Morgan fingerprint density at radius 2 is 2.00 bits per heavy atom. The van der Waals surface area contributed by atoms with Crippen LogP contribution < -0.4 is 11.1 Å². The highest BCUT2D eigenvalue weighted by atomic mass is 16.5. The summed E-state index contributed by atoms with van der Waals surface area (Å²) in [4.78, 5) is 29.2. The van der Waals surface area contributed by atoms with E-state index < -0.39 is 11.8 Å². The summed E-state index contributed by atoms with van der Waals surface area (Å²) in [7, 11) is 2.12. The molecule has 9 heteroatoms. The highest BCUT2D eigenvalue weighted by Crippen LogP contribution is 2.18. The first kappa shape index (κ1) is 22.6. The third kappa shape index (κ3) is 5.80. The van der Waals surface area contributed by atoms with Crippen LogP contribution in [0.4, 0.5) is 10.5 Å². The number of anilines is 1. The third-order valence-electron chi connectivity index (χ3n) is 5.76. The second kappa shape index (κ2) is 10.3. The average molecular weight is 450 g/mol. The lowest BCUT2D eigenvalue weighted by molar-refractivity contribution is 0.130. The molecule has 0 spiro atoms. The summed E-state index contributed by atoms with van der Waals surface area (Å²) < 4.78 is 12.1. The highest BCUT2D eigenvalue weighted by Gasteiger charge is 2.14. The van der Waals surface area contributed by atoms with E-state index in [2.05, 4.69) is 28.2 Å². The maximum absolute atomic E-state index is 12.3. The number of nitrogens with one attached hydrogen (secondary N) is 1. The SMILES string of the molecule is CN1CCN(CCCOC(=O)Nc2cccc(Cn3c(=O)oc4ccc(C#N)cc43)c2)CC1. The molecule has 9 nitrogen and oxygen atoms in total. The summed E-state index contributed by atoms with van der Waals surface area (Å²) in [6.45, 7) is 5.74. The van der Waals surface area contributed by atoms with E-state index in [1.54, 1.807) is 36.4 Å². The van der Waals surface area contributed by atoms with E-state index in [-0.39, 0.29) is 6.54 Å². The molecule has 0 aliphatic carbocycles. The zero-order valence-electron chi connectivity index (χ0n) is 18.6.